The van der Waals surface area contributed by atoms with Crippen LogP contribution >= 0.6 is 0 Å². The molecule has 0 atom stereocenters. The number of quaternary nitrogens is 1. The first-order valence-electron chi connectivity index (χ1n) is 10.6. The van der Waals surface area contributed by atoms with Crippen molar-refractivity contribution in [3.63, 3.8) is 0 Å². The standard InChI is InChI=1S/C24H27N3O3/c1-17(2)19-9-7-18(8-10-19)15-25-11-13-26(14-12-25)22(28)16-27-23(29)20-5-3-4-6-21(20)24(27)30/h3-10,17H,11-16H2,1-2H3/p+1. The molecule has 0 saturated carbocycles. The zero-order chi connectivity index (χ0) is 21.3. The van der Waals surface area contributed by atoms with Crippen LogP contribution < -0.4 is 4.90 Å². The van der Waals surface area contributed by atoms with Gasteiger partial charge in [-0.3, -0.25) is 19.3 Å². The van der Waals surface area contributed by atoms with Gasteiger partial charge in [0.1, 0.15) is 13.1 Å². The summed E-state index contributed by atoms with van der Waals surface area (Å²) in [5.74, 6) is -0.385. The van der Waals surface area contributed by atoms with E-state index in [-0.39, 0.29) is 24.3 Å². The van der Waals surface area contributed by atoms with Crippen molar-refractivity contribution in [1.82, 2.24) is 9.80 Å². The van der Waals surface area contributed by atoms with Crippen molar-refractivity contribution in [2.24, 2.45) is 0 Å². The molecule has 0 aromatic heterocycles. The molecular formula is C24H28N3O3+. The highest BCUT2D eigenvalue weighted by Gasteiger charge is 2.37. The minimum Gasteiger partial charge on any atom is -0.330 e. The molecule has 4 rings (SSSR count). The van der Waals surface area contributed by atoms with Crippen molar-refractivity contribution >= 4 is 17.7 Å². The van der Waals surface area contributed by atoms with E-state index in [0.717, 1.165) is 24.5 Å². The van der Waals surface area contributed by atoms with Crippen LogP contribution in [-0.4, -0.2) is 60.2 Å². The van der Waals surface area contributed by atoms with Crippen molar-refractivity contribution in [1.29, 1.82) is 0 Å². The largest absolute Gasteiger partial charge is 0.330 e. The summed E-state index contributed by atoms with van der Waals surface area (Å²) in [7, 11) is 0. The van der Waals surface area contributed by atoms with Crippen molar-refractivity contribution in [2.45, 2.75) is 26.3 Å². The van der Waals surface area contributed by atoms with Gasteiger partial charge in [0.05, 0.1) is 37.3 Å². The maximum atomic E-state index is 12.7. The zero-order valence-corrected chi connectivity index (χ0v) is 17.6. The Bertz CT molecular complexity index is 925. The Morgan fingerprint density at radius 3 is 2.03 bits per heavy atom. The molecule has 156 valence electrons. The number of amides is 3. The molecule has 0 spiro atoms. The van der Waals surface area contributed by atoms with E-state index in [1.807, 2.05) is 0 Å². The van der Waals surface area contributed by atoms with Gasteiger partial charge in [-0.05, 0) is 23.6 Å². The zero-order valence-electron chi connectivity index (χ0n) is 17.6. The first-order valence-corrected chi connectivity index (χ1v) is 10.6. The van der Waals surface area contributed by atoms with Crippen LogP contribution in [0.1, 0.15) is 51.6 Å². The molecule has 1 saturated heterocycles. The van der Waals surface area contributed by atoms with E-state index in [2.05, 4.69) is 38.1 Å². The van der Waals surface area contributed by atoms with Crippen molar-refractivity contribution in [3.8, 4) is 0 Å². The van der Waals surface area contributed by atoms with Gasteiger partial charge in [0, 0.05) is 5.56 Å². The van der Waals surface area contributed by atoms with Gasteiger partial charge in [-0.15, -0.1) is 0 Å². The lowest BCUT2D eigenvalue weighted by atomic mass is 10.0. The molecule has 2 aliphatic rings. The third kappa shape index (κ3) is 4.00. The number of carbonyl (C=O) groups excluding carboxylic acids is 3. The van der Waals surface area contributed by atoms with E-state index in [0.29, 0.717) is 30.1 Å². The molecule has 0 radical (unpaired) electrons. The molecule has 6 heteroatoms. The Labute approximate surface area is 177 Å². The average Bonchev–Trinajstić information content (AvgIpc) is 3.00. The average molecular weight is 407 g/mol. The number of carbonyl (C=O) groups is 3. The van der Waals surface area contributed by atoms with E-state index >= 15 is 0 Å². The summed E-state index contributed by atoms with van der Waals surface area (Å²) in [6, 6.07) is 15.5. The molecule has 2 heterocycles. The highest BCUT2D eigenvalue weighted by Crippen LogP contribution is 2.22. The third-order valence-corrected chi connectivity index (χ3v) is 6.10. The molecule has 2 aromatic carbocycles. The van der Waals surface area contributed by atoms with Crippen LogP contribution in [0, 0.1) is 0 Å². The molecule has 30 heavy (non-hydrogen) atoms. The Morgan fingerprint density at radius 1 is 0.933 bits per heavy atom. The number of rotatable bonds is 5. The predicted octanol–water partition coefficient (Wildman–Crippen LogP) is 1.33. The Hall–Kier alpha value is -2.99. The summed E-state index contributed by atoms with van der Waals surface area (Å²) in [4.78, 5) is 42.0. The monoisotopic (exact) mass is 406 g/mol. The molecule has 6 nitrogen and oxygen atoms in total. The summed E-state index contributed by atoms with van der Waals surface area (Å²) < 4.78 is 0. The third-order valence-electron chi connectivity index (χ3n) is 6.10. The number of hydrogen-bond acceptors (Lipinski definition) is 3. The molecule has 1 fully saturated rings. The Morgan fingerprint density at radius 2 is 1.50 bits per heavy atom. The van der Waals surface area contributed by atoms with Gasteiger partial charge in [-0.1, -0.05) is 50.2 Å². The van der Waals surface area contributed by atoms with Gasteiger partial charge in [-0.2, -0.15) is 0 Å². The van der Waals surface area contributed by atoms with Crippen LogP contribution in [0.3, 0.4) is 0 Å². The van der Waals surface area contributed by atoms with Crippen LogP contribution in [0.4, 0.5) is 0 Å². The molecule has 0 unspecified atom stereocenters. The van der Waals surface area contributed by atoms with Gasteiger partial charge in [-0.25, -0.2) is 0 Å². The molecular weight excluding hydrogens is 378 g/mol. The molecule has 2 aliphatic heterocycles. The lowest BCUT2D eigenvalue weighted by Crippen LogP contribution is -3.13. The maximum Gasteiger partial charge on any atom is 0.262 e. The van der Waals surface area contributed by atoms with E-state index < -0.39 is 0 Å². The summed E-state index contributed by atoms with van der Waals surface area (Å²) in [6.45, 7) is 8.15. The highest BCUT2D eigenvalue weighted by atomic mass is 16.2. The van der Waals surface area contributed by atoms with Crippen LogP contribution in [0.25, 0.3) is 0 Å². The van der Waals surface area contributed by atoms with Crippen LogP contribution in [0.5, 0.6) is 0 Å². The van der Waals surface area contributed by atoms with Gasteiger partial charge in [0.2, 0.25) is 5.91 Å². The van der Waals surface area contributed by atoms with Crippen LogP contribution in [0.15, 0.2) is 48.5 Å². The number of hydrogen-bond donors (Lipinski definition) is 1. The summed E-state index contributed by atoms with van der Waals surface area (Å²) in [5.41, 5.74) is 3.42. The van der Waals surface area contributed by atoms with Crippen LogP contribution in [0.2, 0.25) is 0 Å². The predicted molar refractivity (Wildman–Crippen MR) is 113 cm³/mol. The smallest absolute Gasteiger partial charge is 0.262 e. The number of benzene rings is 2. The normalized spacial score (nSPS) is 17.0. The molecule has 0 aliphatic carbocycles. The Kier molecular flexibility index (Phi) is 5.68. The number of imide groups is 1. The maximum absolute atomic E-state index is 12.7. The summed E-state index contributed by atoms with van der Waals surface area (Å²) in [5, 5.41) is 0. The molecule has 3 amide bonds. The summed E-state index contributed by atoms with van der Waals surface area (Å²) >= 11 is 0. The van der Waals surface area contributed by atoms with E-state index in [1.54, 1.807) is 29.2 Å². The fourth-order valence-electron chi connectivity index (χ4n) is 4.18. The van der Waals surface area contributed by atoms with E-state index in [4.69, 9.17) is 0 Å². The number of nitrogens with one attached hydrogen (secondary N) is 1. The lowest BCUT2D eigenvalue weighted by molar-refractivity contribution is -0.917. The van der Waals surface area contributed by atoms with Crippen molar-refractivity contribution in [3.05, 3.63) is 70.8 Å². The van der Waals surface area contributed by atoms with Gasteiger partial charge >= 0.3 is 0 Å². The molecule has 1 N–H and O–H groups in total. The van der Waals surface area contributed by atoms with Crippen LogP contribution in [-0.2, 0) is 11.3 Å². The molecule has 2 aromatic rings. The van der Waals surface area contributed by atoms with Gasteiger partial charge < -0.3 is 9.80 Å². The van der Waals surface area contributed by atoms with E-state index in [1.165, 1.54) is 16.0 Å². The molecule has 0 bridgehead atoms. The second-order valence-electron chi connectivity index (χ2n) is 8.45. The SMILES string of the molecule is CC(C)c1ccc(C[NH+]2CCN(C(=O)CN3C(=O)c4ccccc4C3=O)CC2)cc1. The van der Waals surface area contributed by atoms with Gasteiger partial charge in [0.25, 0.3) is 11.8 Å². The minimum atomic E-state index is -0.377. The van der Waals surface area contributed by atoms with Crippen molar-refractivity contribution in [2.75, 3.05) is 32.7 Å². The lowest BCUT2D eigenvalue weighted by Gasteiger charge is -2.33. The minimum absolute atomic E-state index is 0.162. The Balaban J connectivity index is 1.30. The quantitative estimate of drug-likeness (QED) is 0.763. The number of piperazine rings is 1. The number of fused-ring (bicyclic) bond motifs is 1. The first-order chi connectivity index (χ1) is 14.4. The number of nitrogens with zero attached hydrogens (tertiary/aromatic N) is 2. The first kappa shape index (κ1) is 20.3. The fraction of sp³-hybridized carbons (Fsp3) is 0.375. The van der Waals surface area contributed by atoms with Crippen molar-refractivity contribution < 1.29 is 19.3 Å². The van der Waals surface area contributed by atoms with E-state index in [9.17, 15) is 14.4 Å². The van der Waals surface area contributed by atoms with Gasteiger partial charge in [0.15, 0.2) is 0 Å². The topological polar surface area (TPSA) is 62.1 Å². The summed E-state index contributed by atoms with van der Waals surface area (Å²) in [6.07, 6.45) is 0. The fourth-order valence-corrected chi connectivity index (χ4v) is 4.18. The second kappa shape index (κ2) is 8.40. The highest BCUT2D eigenvalue weighted by molar-refractivity contribution is 6.22. The second-order valence-corrected chi connectivity index (χ2v) is 8.45.